The van der Waals surface area contributed by atoms with Crippen molar-refractivity contribution in [1.82, 2.24) is 20.1 Å². The highest BCUT2D eigenvalue weighted by molar-refractivity contribution is 7.99. The lowest BCUT2D eigenvalue weighted by atomic mass is 10.1. The fraction of sp³-hybridized carbons (Fsp3) is 0.375. The van der Waals surface area contributed by atoms with Crippen LogP contribution in [0, 0.1) is 13.8 Å². The highest BCUT2D eigenvalue weighted by atomic mass is 32.2. The number of nitrogens with zero attached hydrogens (tertiary/aromatic N) is 3. The summed E-state index contributed by atoms with van der Waals surface area (Å²) in [5.41, 5.74) is 4.50. The van der Waals surface area contributed by atoms with Crippen LogP contribution in [0.4, 0.5) is 0 Å². The zero-order chi connectivity index (χ0) is 21.5. The minimum absolute atomic E-state index is 0.116. The molecule has 3 aromatic rings. The van der Waals surface area contributed by atoms with Crippen LogP contribution in [0.15, 0.2) is 53.7 Å². The molecule has 0 aliphatic carbocycles. The Labute approximate surface area is 183 Å². The Hall–Kier alpha value is -2.60. The minimum atomic E-state index is 0.116. The van der Waals surface area contributed by atoms with E-state index in [0.717, 1.165) is 40.8 Å². The summed E-state index contributed by atoms with van der Waals surface area (Å²) >= 11 is 1.64. The molecule has 6 heteroatoms. The Kier molecular flexibility index (Phi) is 7.69. The van der Waals surface area contributed by atoms with Crippen LogP contribution in [-0.2, 0) is 4.79 Å². The van der Waals surface area contributed by atoms with Gasteiger partial charge in [-0.25, -0.2) is 0 Å². The summed E-state index contributed by atoms with van der Waals surface area (Å²) in [6.45, 7) is 8.26. The molecule has 1 unspecified atom stereocenters. The van der Waals surface area contributed by atoms with Gasteiger partial charge in [0.1, 0.15) is 0 Å². The van der Waals surface area contributed by atoms with Crippen molar-refractivity contribution in [2.75, 3.05) is 5.75 Å². The van der Waals surface area contributed by atoms with Crippen LogP contribution in [0.25, 0.3) is 17.1 Å². The molecule has 0 saturated heterocycles. The molecule has 3 rings (SSSR count). The molecule has 0 aliphatic rings. The lowest BCUT2D eigenvalue weighted by Gasteiger charge is -2.12. The number of thioether (sulfide) groups is 1. The van der Waals surface area contributed by atoms with Crippen molar-refractivity contribution in [1.29, 1.82) is 0 Å². The van der Waals surface area contributed by atoms with Crippen LogP contribution in [-0.4, -0.2) is 32.5 Å². The van der Waals surface area contributed by atoms with Gasteiger partial charge >= 0.3 is 0 Å². The Morgan fingerprint density at radius 2 is 1.67 bits per heavy atom. The molecule has 5 nitrogen and oxygen atoms in total. The average Bonchev–Trinajstić information content (AvgIpc) is 3.16. The topological polar surface area (TPSA) is 59.8 Å². The highest BCUT2D eigenvalue weighted by Gasteiger charge is 2.16. The van der Waals surface area contributed by atoms with Crippen molar-refractivity contribution in [3.63, 3.8) is 0 Å². The number of carbonyl (C=O) groups is 1. The Balaban J connectivity index is 1.76. The SMILES string of the molecule is CCC(C)NC(=O)CCCSc1nnc(-c2ccc(C)cc2)n1-c1ccc(C)cc1. The van der Waals surface area contributed by atoms with Crippen LogP contribution >= 0.6 is 11.8 Å². The molecule has 1 N–H and O–H groups in total. The Morgan fingerprint density at radius 3 is 2.30 bits per heavy atom. The molecule has 0 saturated carbocycles. The third-order valence-corrected chi connectivity index (χ3v) is 6.05. The minimum Gasteiger partial charge on any atom is -0.354 e. The monoisotopic (exact) mass is 422 g/mol. The van der Waals surface area contributed by atoms with Gasteiger partial charge in [0, 0.05) is 29.5 Å². The molecule has 0 bridgehead atoms. The first kappa shape index (κ1) is 22.1. The molecule has 0 fully saturated rings. The van der Waals surface area contributed by atoms with Gasteiger partial charge in [0.2, 0.25) is 5.91 Å². The number of rotatable bonds is 9. The summed E-state index contributed by atoms with van der Waals surface area (Å²) < 4.78 is 2.11. The lowest BCUT2D eigenvalue weighted by Crippen LogP contribution is -2.31. The maximum Gasteiger partial charge on any atom is 0.220 e. The molecule has 0 spiro atoms. The van der Waals surface area contributed by atoms with E-state index >= 15 is 0 Å². The van der Waals surface area contributed by atoms with E-state index in [9.17, 15) is 4.79 Å². The molecule has 0 radical (unpaired) electrons. The van der Waals surface area contributed by atoms with Gasteiger partial charge in [-0.05, 0) is 45.7 Å². The standard InChI is InChI=1S/C24H30N4OS/c1-5-19(4)25-22(29)7-6-16-30-24-27-26-23(20-12-8-17(2)9-13-20)28(24)21-14-10-18(3)11-15-21/h8-15,19H,5-7,16H2,1-4H3,(H,25,29). The van der Waals surface area contributed by atoms with Crippen LogP contribution in [0.5, 0.6) is 0 Å². The third kappa shape index (κ3) is 5.72. The normalized spacial score (nSPS) is 12.0. The van der Waals surface area contributed by atoms with Gasteiger partial charge in [-0.2, -0.15) is 0 Å². The van der Waals surface area contributed by atoms with Gasteiger partial charge < -0.3 is 5.32 Å². The van der Waals surface area contributed by atoms with Crippen molar-refractivity contribution in [2.45, 2.75) is 58.2 Å². The van der Waals surface area contributed by atoms with Gasteiger partial charge in [0.05, 0.1) is 0 Å². The van der Waals surface area contributed by atoms with Crippen LogP contribution in [0.1, 0.15) is 44.2 Å². The van der Waals surface area contributed by atoms with Gasteiger partial charge in [-0.15, -0.1) is 10.2 Å². The quantitative estimate of drug-likeness (QED) is 0.374. The van der Waals surface area contributed by atoms with Crippen molar-refractivity contribution >= 4 is 17.7 Å². The van der Waals surface area contributed by atoms with Crippen molar-refractivity contribution in [2.24, 2.45) is 0 Å². The second-order valence-electron chi connectivity index (χ2n) is 7.67. The molecule has 1 aromatic heterocycles. The van der Waals surface area contributed by atoms with Gasteiger partial charge in [-0.3, -0.25) is 9.36 Å². The number of carbonyl (C=O) groups excluding carboxylic acids is 1. The van der Waals surface area contributed by atoms with Gasteiger partial charge in [0.25, 0.3) is 0 Å². The van der Waals surface area contributed by atoms with E-state index in [1.807, 2.05) is 6.92 Å². The molecule has 0 aliphatic heterocycles. The van der Waals surface area contributed by atoms with Gasteiger partial charge in [-0.1, -0.05) is 66.2 Å². The summed E-state index contributed by atoms with van der Waals surface area (Å²) in [5, 5.41) is 12.8. The van der Waals surface area contributed by atoms with Crippen LogP contribution in [0.2, 0.25) is 0 Å². The fourth-order valence-electron chi connectivity index (χ4n) is 3.02. The average molecular weight is 423 g/mol. The molecular formula is C24H30N4OS. The van der Waals surface area contributed by atoms with E-state index < -0.39 is 0 Å². The van der Waals surface area contributed by atoms with E-state index in [0.29, 0.717) is 6.42 Å². The zero-order valence-corrected chi connectivity index (χ0v) is 19.0. The molecule has 1 atom stereocenters. The predicted molar refractivity (Wildman–Crippen MR) is 124 cm³/mol. The number of aromatic nitrogens is 3. The Morgan fingerprint density at radius 1 is 1.03 bits per heavy atom. The van der Waals surface area contributed by atoms with Gasteiger partial charge in [0.15, 0.2) is 11.0 Å². The number of benzene rings is 2. The summed E-state index contributed by atoms with van der Waals surface area (Å²) in [6.07, 6.45) is 2.27. The summed E-state index contributed by atoms with van der Waals surface area (Å²) in [4.78, 5) is 12.0. The van der Waals surface area contributed by atoms with Crippen LogP contribution in [0.3, 0.4) is 0 Å². The lowest BCUT2D eigenvalue weighted by molar-refractivity contribution is -0.121. The predicted octanol–water partition coefficient (Wildman–Crippen LogP) is 5.34. The van der Waals surface area contributed by atoms with E-state index in [2.05, 4.69) is 89.4 Å². The van der Waals surface area contributed by atoms with E-state index in [-0.39, 0.29) is 11.9 Å². The van der Waals surface area contributed by atoms with E-state index in [1.54, 1.807) is 11.8 Å². The molecule has 158 valence electrons. The number of hydrogen-bond donors (Lipinski definition) is 1. The van der Waals surface area contributed by atoms with Crippen molar-refractivity contribution in [3.05, 3.63) is 59.7 Å². The number of aryl methyl sites for hydroxylation is 2. The summed E-state index contributed by atoms with van der Waals surface area (Å²) in [6, 6.07) is 17.0. The zero-order valence-electron chi connectivity index (χ0n) is 18.2. The fourth-order valence-corrected chi connectivity index (χ4v) is 3.92. The molecule has 30 heavy (non-hydrogen) atoms. The highest BCUT2D eigenvalue weighted by Crippen LogP contribution is 2.28. The Bertz CT molecular complexity index is 964. The number of hydrogen-bond acceptors (Lipinski definition) is 4. The number of amides is 1. The maximum atomic E-state index is 12.0. The van der Waals surface area contributed by atoms with Crippen LogP contribution < -0.4 is 5.32 Å². The molecular weight excluding hydrogens is 392 g/mol. The smallest absolute Gasteiger partial charge is 0.220 e. The maximum absolute atomic E-state index is 12.0. The van der Waals surface area contributed by atoms with Crippen molar-refractivity contribution < 1.29 is 4.79 Å². The number of nitrogens with one attached hydrogen (secondary N) is 1. The molecule has 1 amide bonds. The summed E-state index contributed by atoms with van der Waals surface area (Å²) in [5.74, 6) is 1.76. The van der Waals surface area contributed by atoms with E-state index in [4.69, 9.17) is 0 Å². The van der Waals surface area contributed by atoms with Crippen molar-refractivity contribution in [3.8, 4) is 17.1 Å². The second kappa shape index (κ2) is 10.4. The first-order valence-corrected chi connectivity index (χ1v) is 11.5. The van der Waals surface area contributed by atoms with E-state index in [1.165, 1.54) is 11.1 Å². The molecule has 1 heterocycles. The summed E-state index contributed by atoms with van der Waals surface area (Å²) in [7, 11) is 0. The largest absolute Gasteiger partial charge is 0.354 e. The third-order valence-electron chi connectivity index (χ3n) is 5.03. The first-order chi connectivity index (χ1) is 14.5. The first-order valence-electron chi connectivity index (χ1n) is 10.5. The second-order valence-corrected chi connectivity index (χ2v) is 8.73. The molecule has 2 aromatic carbocycles.